The van der Waals surface area contributed by atoms with E-state index in [0.29, 0.717) is 23.8 Å². The van der Waals surface area contributed by atoms with Crippen LogP contribution in [0.5, 0.6) is 5.75 Å². The summed E-state index contributed by atoms with van der Waals surface area (Å²) in [4.78, 5) is 22.1. The minimum Gasteiger partial charge on any atom is -0.411 e. The van der Waals surface area contributed by atoms with Crippen LogP contribution in [0, 0.1) is 5.92 Å². The van der Waals surface area contributed by atoms with Crippen molar-refractivity contribution in [2.24, 2.45) is 11.7 Å². The fraction of sp³-hybridized carbons (Fsp3) is 0.333. The van der Waals surface area contributed by atoms with Gasteiger partial charge in [0.05, 0.1) is 0 Å². The number of amides is 2. The van der Waals surface area contributed by atoms with Crippen molar-refractivity contribution >= 4 is 12.0 Å². The quantitative estimate of drug-likeness (QED) is 0.831. The van der Waals surface area contributed by atoms with Crippen molar-refractivity contribution in [2.75, 3.05) is 6.54 Å². The molecule has 0 atom stereocenters. The average Bonchev–Trinajstić information content (AvgIpc) is 2.26. The minimum absolute atomic E-state index is 0.149. The van der Waals surface area contributed by atoms with Crippen LogP contribution in [0.3, 0.4) is 0 Å². The fourth-order valence-electron chi connectivity index (χ4n) is 1.19. The molecule has 0 aliphatic carbocycles. The third-order valence-corrected chi connectivity index (χ3v) is 2.01. The van der Waals surface area contributed by atoms with Gasteiger partial charge in [0.25, 0.3) is 5.91 Å². The van der Waals surface area contributed by atoms with Crippen LogP contribution in [0.15, 0.2) is 24.3 Å². The van der Waals surface area contributed by atoms with E-state index in [-0.39, 0.29) is 5.91 Å². The van der Waals surface area contributed by atoms with Crippen LogP contribution < -0.4 is 15.8 Å². The van der Waals surface area contributed by atoms with Crippen LogP contribution in [0.2, 0.25) is 0 Å². The van der Waals surface area contributed by atoms with Crippen molar-refractivity contribution in [3.8, 4) is 5.75 Å². The molecule has 0 aliphatic rings. The molecular weight excluding hydrogens is 220 g/mol. The SMILES string of the molecule is CC(C)CNC(=O)c1ccc(OC(N)=O)cc1. The zero-order valence-electron chi connectivity index (χ0n) is 9.90. The molecule has 17 heavy (non-hydrogen) atoms. The summed E-state index contributed by atoms with van der Waals surface area (Å²) in [6.45, 7) is 4.66. The first-order chi connectivity index (χ1) is 7.99. The Balaban J connectivity index is 2.60. The smallest absolute Gasteiger partial charge is 0.409 e. The summed E-state index contributed by atoms with van der Waals surface area (Å²) < 4.78 is 4.65. The van der Waals surface area contributed by atoms with E-state index in [2.05, 4.69) is 10.1 Å². The lowest BCUT2D eigenvalue weighted by molar-refractivity contribution is 0.0949. The van der Waals surface area contributed by atoms with Crippen LogP contribution in [-0.4, -0.2) is 18.5 Å². The maximum absolute atomic E-state index is 11.6. The summed E-state index contributed by atoms with van der Waals surface area (Å²) in [7, 11) is 0. The Hall–Kier alpha value is -2.04. The highest BCUT2D eigenvalue weighted by Gasteiger charge is 2.06. The first-order valence-corrected chi connectivity index (χ1v) is 5.34. The monoisotopic (exact) mass is 236 g/mol. The van der Waals surface area contributed by atoms with Crippen molar-refractivity contribution < 1.29 is 14.3 Å². The molecule has 0 unspecified atom stereocenters. The molecule has 1 aromatic carbocycles. The van der Waals surface area contributed by atoms with Gasteiger partial charge in [0.15, 0.2) is 0 Å². The van der Waals surface area contributed by atoms with Gasteiger partial charge in [-0.3, -0.25) is 4.79 Å². The van der Waals surface area contributed by atoms with Gasteiger partial charge in [0.1, 0.15) is 5.75 Å². The van der Waals surface area contributed by atoms with Crippen molar-refractivity contribution in [2.45, 2.75) is 13.8 Å². The van der Waals surface area contributed by atoms with E-state index in [0.717, 1.165) is 0 Å². The van der Waals surface area contributed by atoms with Crippen molar-refractivity contribution in [1.29, 1.82) is 0 Å². The third-order valence-electron chi connectivity index (χ3n) is 2.01. The number of hydrogen-bond acceptors (Lipinski definition) is 3. The predicted octanol–water partition coefficient (Wildman–Crippen LogP) is 1.53. The Labute approximate surface area is 99.9 Å². The molecule has 2 amide bonds. The van der Waals surface area contributed by atoms with Gasteiger partial charge in [-0.05, 0) is 30.2 Å². The molecule has 0 spiro atoms. The molecule has 3 N–H and O–H groups in total. The number of carbonyl (C=O) groups excluding carboxylic acids is 2. The number of carbonyl (C=O) groups is 2. The van der Waals surface area contributed by atoms with Crippen LogP contribution >= 0.6 is 0 Å². The van der Waals surface area contributed by atoms with Crippen molar-refractivity contribution in [1.82, 2.24) is 5.32 Å². The maximum atomic E-state index is 11.6. The van der Waals surface area contributed by atoms with E-state index < -0.39 is 6.09 Å². The normalized spacial score (nSPS) is 10.1. The highest BCUT2D eigenvalue weighted by molar-refractivity contribution is 5.94. The standard InChI is InChI=1S/C12H16N2O3/c1-8(2)7-14-11(15)9-3-5-10(6-4-9)17-12(13)16/h3-6,8H,7H2,1-2H3,(H2,13,16)(H,14,15). The summed E-state index contributed by atoms with van der Waals surface area (Å²) in [5, 5.41) is 2.79. The highest BCUT2D eigenvalue weighted by Crippen LogP contribution is 2.12. The molecule has 5 heteroatoms. The molecule has 0 bridgehead atoms. The number of ether oxygens (including phenoxy) is 1. The van der Waals surface area contributed by atoms with Gasteiger partial charge < -0.3 is 15.8 Å². The van der Waals surface area contributed by atoms with Crippen LogP contribution in [0.1, 0.15) is 24.2 Å². The van der Waals surface area contributed by atoms with E-state index in [1.165, 1.54) is 12.1 Å². The topological polar surface area (TPSA) is 81.4 Å². The number of hydrogen-bond donors (Lipinski definition) is 2. The van der Waals surface area contributed by atoms with E-state index in [4.69, 9.17) is 5.73 Å². The van der Waals surface area contributed by atoms with Gasteiger partial charge in [-0.2, -0.15) is 0 Å². The molecule has 1 rings (SSSR count). The maximum Gasteiger partial charge on any atom is 0.409 e. The van der Waals surface area contributed by atoms with Crippen molar-refractivity contribution in [3.05, 3.63) is 29.8 Å². The molecule has 0 saturated carbocycles. The lowest BCUT2D eigenvalue weighted by atomic mass is 10.2. The van der Waals surface area contributed by atoms with E-state index >= 15 is 0 Å². The lowest BCUT2D eigenvalue weighted by Crippen LogP contribution is -2.27. The largest absolute Gasteiger partial charge is 0.411 e. The minimum atomic E-state index is -0.873. The Kier molecular flexibility index (Phi) is 4.51. The number of nitrogens with one attached hydrogen (secondary N) is 1. The first-order valence-electron chi connectivity index (χ1n) is 5.34. The van der Waals surface area contributed by atoms with Gasteiger partial charge >= 0.3 is 6.09 Å². The van der Waals surface area contributed by atoms with Gasteiger partial charge in [0.2, 0.25) is 0 Å². The molecule has 0 radical (unpaired) electrons. The lowest BCUT2D eigenvalue weighted by Gasteiger charge is -2.08. The first kappa shape index (κ1) is 13.0. The molecular formula is C12H16N2O3. The van der Waals surface area contributed by atoms with Gasteiger partial charge in [-0.15, -0.1) is 0 Å². The zero-order chi connectivity index (χ0) is 12.8. The Morgan fingerprint density at radius 3 is 2.35 bits per heavy atom. The van der Waals surface area contributed by atoms with E-state index in [1.54, 1.807) is 12.1 Å². The predicted molar refractivity (Wildman–Crippen MR) is 63.8 cm³/mol. The summed E-state index contributed by atoms with van der Waals surface area (Å²) in [6.07, 6.45) is -0.873. The molecule has 5 nitrogen and oxygen atoms in total. The molecule has 0 heterocycles. The summed E-state index contributed by atoms with van der Waals surface area (Å²) in [6, 6.07) is 6.20. The second-order valence-electron chi connectivity index (χ2n) is 4.05. The molecule has 0 aliphatic heterocycles. The van der Waals surface area contributed by atoms with Crippen molar-refractivity contribution in [3.63, 3.8) is 0 Å². The summed E-state index contributed by atoms with van der Waals surface area (Å²) >= 11 is 0. The molecule has 0 aromatic heterocycles. The average molecular weight is 236 g/mol. The van der Waals surface area contributed by atoms with E-state index in [9.17, 15) is 9.59 Å². The van der Waals surface area contributed by atoms with Crippen LogP contribution in [0.4, 0.5) is 4.79 Å². The molecule has 0 saturated heterocycles. The summed E-state index contributed by atoms with van der Waals surface area (Å²) in [5.41, 5.74) is 5.38. The van der Waals surface area contributed by atoms with Gasteiger partial charge in [-0.1, -0.05) is 13.8 Å². The Morgan fingerprint density at radius 2 is 1.88 bits per heavy atom. The van der Waals surface area contributed by atoms with Gasteiger partial charge in [0, 0.05) is 12.1 Å². The number of benzene rings is 1. The Bertz CT molecular complexity index is 399. The molecule has 1 aromatic rings. The van der Waals surface area contributed by atoms with Crippen LogP contribution in [-0.2, 0) is 0 Å². The van der Waals surface area contributed by atoms with Gasteiger partial charge in [-0.25, -0.2) is 4.79 Å². The second-order valence-corrected chi connectivity index (χ2v) is 4.05. The highest BCUT2D eigenvalue weighted by atomic mass is 16.5. The fourth-order valence-corrected chi connectivity index (χ4v) is 1.19. The second kappa shape index (κ2) is 5.89. The summed E-state index contributed by atoms with van der Waals surface area (Å²) in [5.74, 6) is 0.568. The number of nitrogens with two attached hydrogens (primary N) is 1. The van der Waals surface area contributed by atoms with Crippen LogP contribution in [0.25, 0.3) is 0 Å². The zero-order valence-corrected chi connectivity index (χ0v) is 9.90. The molecule has 92 valence electrons. The number of rotatable bonds is 4. The third kappa shape index (κ3) is 4.55. The van der Waals surface area contributed by atoms with E-state index in [1.807, 2.05) is 13.8 Å². The number of primary amides is 1. The molecule has 0 fully saturated rings. The Morgan fingerprint density at radius 1 is 1.29 bits per heavy atom.